The molecule has 0 aliphatic heterocycles. The van der Waals surface area contributed by atoms with Crippen LogP contribution in [0.2, 0.25) is 5.02 Å². The zero-order chi connectivity index (χ0) is 15.3. The van der Waals surface area contributed by atoms with Crippen molar-refractivity contribution in [3.8, 4) is 5.69 Å². The summed E-state index contributed by atoms with van der Waals surface area (Å²) in [6.45, 7) is 1.35. The van der Waals surface area contributed by atoms with E-state index in [-0.39, 0.29) is 16.4 Å². The molecular formula is C13H7ClF3N3O. The lowest BCUT2D eigenvalue weighted by atomic mass is 10.2. The van der Waals surface area contributed by atoms with Crippen LogP contribution in [-0.4, -0.2) is 14.0 Å². The molecular weight excluding hydrogens is 307 g/mol. The Bertz CT molecular complexity index is 933. The van der Waals surface area contributed by atoms with E-state index in [0.29, 0.717) is 10.6 Å². The van der Waals surface area contributed by atoms with Crippen LogP contribution in [0.25, 0.3) is 11.5 Å². The van der Waals surface area contributed by atoms with E-state index in [0.717, 1.165) is 10.5 Å². The molecule has 0 radical (unpaired) electrons. The SMILES string of the molecule is Cc1c(Cl)cc(F)c(-n2c(=O)cc(F)n3ccnc23)c1F. The van der Waals surface area contributed by atoms with Gasteiger partial charge in [0.05, 0.1) is 6.07 Å². The summed E-state index contributed by atoms with van der Waals surface area (Å²) < 4.78 is 43.6. The predicted molar refractivity (Wildman–Crippen MR) is 70.4 cm³/mol. The quantitative estimate of drug-likeness (QED) is 0.648. The second kappa shape index (κ2) is 4.63. The lowest BCUT2D eigenvalue weighted by Gasteiger charge is -2.12. The van der Waals surface area contributed by atoms with Crippen LogP contribution in [0.15, 0.2) is 29.3 Å². The molecule has 3 rings (SSSR count). The van der Waals surface area contributed by atoms with Gasteiger partial charge in [0.15, 0.2) is 11.6 Å². The van der Waals surface area contributed by atoms with Crippen molar-refractivity contribution in [1.29, 1.82) is 0 Å². The monoisotopic (exact) mass is 313 g/mol. The molecule has 8 heteroatoms. The largest absolute Gasteiger partial charge is 0.269 e. The first-order valence-corrected chi connectivity index (χ1v) is 6.18. The summed E-state index contributed by atoms with van der Waals surface area (Å²) in [4.78, 5) is 15.7. The Morgan fingerprint density at radius 2 is 1.95 bits per heavy atom. The second-order valence-corrected chi connectivity index (χ2v) is 4.77. The van der Waals surface area contributed by atoms with Gasteiger partial charge in [0.25, 0.3) is 5.56 Å². The molecule has 0 unspecified atom stereocenters. The highest BCUT2D eigenvalue weighted by Gasteiger charge is 2.21. The number of halogens is 4. The summed E-state index contributed by atoms with van der Waals surface area (Å²) in [5.41, 5.74) is -1.60. The minimum Gasteiger partial charge on any atom is -0.269 e. The van der Waals surface area contributed by atoms with Crippen molar-refractivity contribution in [2.75, 3.05) is 0 Å². The van der Waals surface area contributed by atoms with Crippen LogP contribution in [-0.2, 0) is 0 Å². The highest BCUT2D eigenvalue weighted by molar-refractivity contribution is 6.31. The van der Waals surface area contributed by atoms with Gasteiger partial charge < -0.3 is 0 Å². The maximum Gasteiger partial charge on any atom is 0.262 e. The number of benzene rings is 1. The van der Waals surface area contributed by atoms with Gasteiger partial charge in [0.1, 0.15) is 5.69 Å². The molecule has 0 aliphatic carbocycles. The fourth-order valence-corrected chi connectivity index (χ4v) is 2.23. The van der Waals surface area contributed by atoms with Crippen molar-refractivity contribution >= 4 is 17.4 Å². The average molecular weight is 314 g/mol. The topological polar surface area (TPSA) is 39.3 Å². The van der Waals surface area contributed by atoms with E-state index in [1.165, 1.54) is 19.3 Å². The molecule has 1 aromatic carbocycles. The molecule has 0 amide bonds. The zero-order valence-corrected chi connectivity index (χ0v) is 11.3. The first-order valence-electron chi connectivity index (χ1n) is 5.81. The number of aromatic nitrogens is 3. The smallest absolute Gasteiger partial charge is 0.262 e. The van der Waals surface area contributed by atoms with E-state index in [1.54, 1.807) is 0 Å². The van der Waals surface area contributed by atoms with Gasteiger partial charge in [0, 0.05) is 23.0 Å². The summed E-state index contributed by atoms with van der Waals surface area (Å²) in [5.74, 6) is -3.16. The van der Waals surface area contributed by atoms with E-state index in [4.69, 9.17) is 11.6 Å². The summed E-state index contributed by atoms with van der Waals surface area (Å²) in [5, 5.41) is -0.108. The molecule has 0 saturated heterocycles. The van der Waals surface area contributed by atoms with E-state index in [1.807, 2.05) is 0 Å². The van der Waals surface area contributed by atoms with Gasteiger partial charge in [-0.3, -0.25) is 9.20 Å². The third-order valence-corrected chi connectivity index (χ3v) is 3.51. The fourth-order valence-electron chi connectivity index (χ4n) is 2.05. The van der Waals surface area contributed by atoms with Crippen LogP contribution in [0.3, 0.4) is 0 Å². The molecule has 0 spiro atoms. The molecule has 2 heterocycles. The normalized spacial score (nSPS) is 11.3. The van der Waals surface area contributed by atoms with E-state index in [2.05, 4.69) is 4.98 Å². The Morgan fingerprint density at radius 1 is 1.24 bits per heavy atom. The molecule has 0 fully saturated rings. The number of hydrogen-bond donors (Lipinski definition) is 0. The third-order valence-electron chi connectivity index (χ3n) is 3.11. The van der Waals surface area contributed by atoms with Crippen LogP contribution >= 0.6 is 11.6 Å². The van der Waals surface area contributed by atoms with Crippen molar-refractivity contribution in [3.05, 3.63) is 63.0 Å². The van der Waals surface area contributed by atoms with Gasteiger partial charge in [-0.25, -0.2) is 18.3 Å². The Morgan fingerprint density at radius 3 is 2.67 bits per heavy atom. The molecule has 0 atom stereocenters. The minimum absolute atomic E-state index is 0.0194. The van der Waals surface area contributed by atoms with Crippen molar-refractivity contribution in [1.82, 2.24) is 14.0 Å². The van der Waals surface area contributed by atoms with E-state index in [9.17, 15) is 18.0 Å². The first kappa shape index (κ1) is 13.7. The molecule has 3 aromatic rings. The lowest BCUT2D eigenvalue weighted by Crippen LogP contribution is -2.24. The van der Waals surface area contributed by atoms with Crippen LogP contribution < -0.4 is 5.56 Å². The number of fused-ring (bicyclic) bond motifs is 1. The predicted octanol–water partition coefficient (Wildman–Crippen LogP) is 2.86. The van der Waals surface area contributed by atoms with Gasteiger partial charge in [-0.2, -0.15) is 4.39 Å². The molecule has 0 aliphatic rings. The van der Waals surface area contributed by atoms with Crippen molar-refractivity contribution < 1.29 is 13.2 Å². The summed E-state index contributed by atoms with van der Waals surface area (Å²) in [7, 11) is 0. The third kappa shape index (κ3) is 1.92. The maximum atomic E-state index is 14.3. The van der Waals surface area contributed by atoms with E-state index < -0.39 is 28.8 Å². The maximum absolute atomic E-state index is 14.3. The van der Waals surface area contributed by atoms with E-state index >= 15 is 0 Å². The summed E-state index contributed by atoms with van der Waals surface area (Å²) in [6.07, 6.45) is 2.45. The standard InChI is InChI=1S/C13H7ClF3N3O/c1-6-7(14)4-8(15)12(11(6)17)20-10(21)5-9(16)19-3-2-18-13(19)20/h2-5H,1H3. The first-order chi connectivity index (χ1) is 9.91. The van der Waals surface area contributed by atoms with Gasteiger partial charge in [0.2, 0.25) is 11.7 Å². The van der Waals surface area contributed by atoms with Crippen LogP contribution in [0, 0.1) is 24.5 Å². The molecule has 108 valence electrons. The lowest BCUT2D eigenvalue weighted by molar-refractivity contribution is 0.542. The minimum atomic E-state index is -1.04. The molecule has 0 bridgehead atoms. The Balaban J connectivity index is 2.50. The number of hydrogen-bond acceptors (Lipinski definition) is 2. The highest BCUT2D eigenvalue weighted by atomic mass is 35.5. The van der Waals surface area contributed by atoms with Crippen LogP contribution in [0.4, 0.5) is 13.2 Å². The Kier molecular flexibility index (Phi) is 3.02. The van der Waals surface area contributed by atoms with Crippen molar-refractivity contribution in [2.24, 2.45) is 0 Å². The molecule has 4 nitrogen and oxygen atoms in total. The molecule has 0 N–H and O–H groups in total. The Hall–Kier alpha value is -2.28. The highest BCUT2D eigenvalue weighted by Crippen LogP contribution is 2.27. The van der Waals surface area contributed by atoms with Gasteiger partial charge in [-0.1, -0.05) is 11.6 Å². The van der Waals surface area contributed by atoms with Crippen molar-refractivity contribution in [3.63, 3.8) is 0 Å². The fraction of sp³-hybridized carbons (Fsp3) is 0.0769. The zero-order valence-electron chi connectivity index (χ0n) is 10.6. The second-order valence-electron chi connectivity index (χ2n) is 4.37. The number of rotatable bonds is 1. The van der Waals surface area contributed by atoms with Gasteiger partial charge in [-0.05, 0) is 13.0 Å². The molecule has 0 saturated carbocycles. The van der Waals surface area contributed by atoms with Gasteiger partial charge in [-0.15, -0.1) is 0 Å². The van der Waals surface area contributed by atoms with Crippen LogP contribution in [0.1, 0.15) is 5.56 Å². The number of nitrogens with zero attached hydrogens (tertiary/aromatic N) is 3. The van der Waals surface area contributed by atoms with Gasteiger partial charge >= 0.3 is 0 Å². The van der Waals surface area contributed by atoms with Crippen LogP contribution in [0.5, 0.6) is 0 Å². The summed E-state index contributed by atoms with van der Waals surface area (Å²) in [6, 6.07) is 1.52. The van der Waals surface area contributed by atoms with Crippen molar-refractivity contribution in [2.45, 2.75) is 6.92 Å². The number of imidazole rings is 1. The molecule has 2 aromatic heterocycles. The Labute approximate surface area is 121 Å². The average Bonchev–Trinajstić information content (AvgIpc) is 2.89. The summed E-state index contributed by atoms with van der Waals surface area (Å²) >= 11 is 5.69. The molecule has 21 heavy (non-hydrogen) atoms.